The van der Waals surface area contributed by atoms with Crippen LogP contribution in [-0.2, 0) is 0 Å². The van der Waals surface area contributed by atoms with Gasteiger partial charge >= 0.3 is 0 Å². The van der Waals surface area contributed by atoms with E-state index >= 15 is 0 Å². The third-order valence-corrected chi connectivity index (χ3v) is 3.20. The van der Waals surface area contributed by atoms with Crippen LogP contribution < -0.4 is 0 Å². The third kappa shape index (κ3) is 1.90. The van der Waals surface area contributed by atoms with Crippen molar-refractivity contribution in [1.29, 1.82) is 0 Å². The average Bonchev–Trinajstić information content (AvgIpc) is 2.71. The van der Waals surface area contributed by atoms with E-state index in [1.807, 2.05) is 11.0 Å². The predicted molar refractivity (Wildman–Crippen MR) is 51.3 cm³/mol. The van der Waals surface area contributed by atoms with Crippen LogP contribution in [0.5, 0.6) is 0 Å². The molecule has 1 aromatic heterocycles. The molecule has 2 rings (SSSR count). The molecule has 1 saturated carbocycles. The lowest BCUT2D eigenvalue weighted by Crippen LogP contribution is -2.18. The molecule has 0 radical (unpaired) electrons. The van der Waals surface area contributed by atoms with E-state index < -0.39 is 0 Å². The van der Waals surface area contributed by atoms with Crippen molar-refractivity contribution in [1.82, 2.24) is 14.8 Å². The van der Waals surface area contributed by atoms with Crippen LogP contribution in [0, 0.1) is 5.92 Å². The first-order valence-electron chi connectivity index (χ1n) is 5.24. The summed E-state index contributed by atoms with van der Waals surface area (Å²) in [6, 6.07) is 0.616. The van der Waals surface area contributed by atoms with E-state index in [1.165, 1.54) is 32.1 Å². The summed E-state index contributed by atoms with van der Waals surface area (Å²) >= 11 is 0. The molecule has 3 nitrogen and oxygen atoms in total. The van der Waals surface area contributed by atoms with Crippen molar-refractivity contribution >= 4 is 0 Å². The molecule has 0 amide bonds. The van der Waals surface area contributed by atoms with Gasteiger partial charge < -0.3 is 0 Å². The molecule has 0 atom stereocenters. The first-order valence-corrected chi connectivity index (χ1v) is 5.24. The van der Waals surface area contributed by atoms with Gasteiger partial charge in [-0.25, -0.2) is 9.67 Å². The quantitative estimate of drug-likeness (QED) is 0.698. The maximum atomic E-state index is 4.20. The minimum atomic E-state index is 0.616. The van der Waals surface area contributed by atoms with Gasteiger partial charge in [0, 0.05) is 0 Å². The molecule has 1 heterocycles. The van der Waals surface area contributed by atoms with E-state index in [2.05, 4.69) is 17.0 Å². The highest BCUT2D eigenvalue weighted by Gasteiger charge is 2.21. The molecule has 0 aromatic carbocycles. The number of hydrogen-bond donors (Lipinski definition) is 0. The fourth-order valence-electron chi connectivity index (χ4n) is 2.22. The topological polar surface area (TPSA) is 30.7 Å². The molecular weight excluding hydrogens is 162 g/mol. The van der Waals surface area contributed by atoms with Gasteiger partial charge in [0.25, 0.3) is 0 Å². The summed E-state index contributed by atoms with van der Waals surface area (Å²) in [7, 11) is 0. The molecule has 1 aromatic rings. The fourth-order valence-corrected chi connectivity index (χ4v) is 2.22. The van der Waals surface area contributed by atoms with E-state index in [0.29, 0.717) is 6.04 Å². The van der Waals surface area contributed by atoms with Crippen LogP contribution in [0.1, 0.15) is 45.1 Å². The fraction of sp³-hybridized carbons (Fsp3) is 0.800. The van der Waals surface area contributed by atoms with E-state index in [4.69, 9.17) is 0 Å². The monoisotopic (exact) mass is 179 g/mol. The lowest BCUT2D eigenvalue weighted by atomic mass is 9.85. The molecular formula is C10H17N3. The first kappa shape index (κ1) is 8.73. The Kier molecular flexibility index (Phi) is 2.62. The predicted octanol–water partition coefficient (Wildman–Crippen LogP) is 2.42. The van der Waals surface area contributed by atoms with Gasteiger partial charge in [-0.1, -0.05) is 13.3 Å². The summed E-state index contributed by atoms with van der Waals surface area (Å²) in [4.78, 5) is 3.99. The molecule has 3 heteroatoms. The van der Waals surface area contributed by atoms with Crippen LogP contribution in [0.25, 0.3) is 0 Å². The van der Waals surface area contributed by atoms with E-state index in [9.17, 15) is 0 Å². The smallest absolute Gasteiger partial charge is 0.137 e. The van der Waals surface area contributed by atoms with Crippen LogP contribution in [0.4, 0.5) is 0 Å². The van der Waals surface area contributed by atoms with E-state index in [1.54, 1.807) is 6.33 Å². The normalized spacial score (nSPS) is 29.0. The van der Waals surface area contributed by atoms with Crippen LogP contribution in [0.15, 0.2) is 12.7 Å². The van der Waals surface area contributed by atoms with Gasteiger partial charge in [0.05, 0.1) is 6.04 Å². The van der Waals surface area contributed by atoms with Crippen LogP contribution in [0.2, 0.25) is 0 Å². The molecule has 0 spiro atoms. The molecule has 0 saturated heterocycles. The van der Waals surface area contributed by atoms with Crippen molar-refractivity contribution in [3.8, 4) is 0 Å². The van der Waals surface area contributed by atoms with E-state index in [-0.39, 0.29) is 0 Å². The Morgan fingerprint density at radius 3 is 2.62 bits per heavy atom. The summed E-state index contributed by atoms with van der Waals surface area (Å²) < 4.78 is 2.02. The van der Waals surface area contributed by atoms with Crippen molar-refractivity contribution in [2.45, 2.75) is 45.1 Å². The maximum Gasteiger partial charge on any atom is 0.137 e. The Hall–Kier alpha value is -0.860. The molecule has 0 unspecified atom stereocenters. The number of nitrogens with zero attached hydrogens (tertiary/aromatic N) is 3. The molecule has 0 N–H and O–H groups in total. The zero-order valence-electron chi connectivity index (χ0n) is 8.19. The SMILES string of the molecule is CC[C@H]1CC[C@@H](n2cncn2)CC1. The van der Waals surface area contributed by atoms with Crippen molar-refractivity contribution in [3.63, 3.8) is 0 Å². The maximum absolute atomic E-state index is 4.20. The Bertz CT molecular complexity index is 235. The summed E-state index contributed by atoms with van der Waals surface area (Å²) in [6.07, 6.45) is 10.1. The van der Waals surface area contributed by atoms with Gasteiger partial charge in [-0.15, -0.1) is 0 Å². The molecule has 1 aliphatic carbocycles. The molecule has 1 aliphatic rings. The molecule has 0 aliphatic heterocycles. The van der Waals surface area contributed by atoms with Crippen LogP contribution in [-0.4, -0.2) is 14.8 Å². The average molecular weight is 179 g/mol. The van der Waals surface area contributed by atoms with Crippen molar-refractivity contribution < 1.29 is 0 Å². The van der Waals surface area contributed by atoms with Gasteiger partial charge in [-0.05, 0) is 31.6 Å². The van der Waals surface area contributed by atoms with Crippen LogP contribution >= 0.6 is 0 Å². The molecule has 0 bridgehead atoms. The van der Waals surface area contributed by atoms with Crippen molar-refractivity contribution in [2.75, 3.05) is 0 Å². The number of rotatable bonds is 2. The minimum absolute atomic E-state index is 0.616. The second-order valence-corrected chi connectivity index (χ2v) is 3.96. The minimum Gasteiger partial charge on any atom is -0.250 e. The van der Waals surface area contributed by atoms with Gasteiger partial charge in [0.2, 0.25) is 0 Å². The van der Waals surface area contributed by atoms with Gasteiger partial charge in [-0.3, -0.25) is 0 Å². The molecule has 13 heavy (non-hydrogen) atoms. The Morgan fingerprint density at radius 2 is 2.08 bits per heavy atom. The second-order valence-electron chi connectivity index (χ2n) is 3.96. The van der Waals surface area contributed by atoms with Crippen molar-refractivity contribution in [3.05, 3.63) is 12.7 Å². The Balaban J connectivity index is 1.92. The lowest BCUT2D eigenvalue weighted by Gasteiger charge is -2.27. The summed E-state index contributed by atoms with van der Waals surface area (Å²) in [5, 5.41) is 4.20. The summed E-state index contributed by atoms with van der Waals surface area (Å²) in [6.45, 7) is 2.29. The number of aromatic nitrogens is 3. The zero-order chi connectivity index (χ0) is 9.10. The van der Waals surface area contributed by atoms with Crippen LogP contribution in [0.3, 0.4) is 0 Å². The highest BCUT2D eigenvalue weighted by Crippen LogP contribution is 2.32. The Morgan fingerprint density at radius 1 is 1.31 bits per heavy atom. The van der Waals surface area contributed by atoms with Crippen molar-refractivity contribution in [2.24, 2.45) is 5.92 Å². The lowest BCUT2D eigenvalue weighted by molar-refractivity contribution is 0.256. The molecule has 1 fully saturated rings. The highest BCUT2D eigenvalue weighted by atomic mass is 15.3. The highest BCUT2D eigenvalue weighted by molar-refractivity contribution is 4.76. The number of hydrogen-bond acceptors (Lipinski definition) is 2. The molecule has 72 valence electrons. The Labute approximate surface area is 79.2 Å². The second kappa shape index (κ2) is 3.90. The van der Waals surface area contributed by atoms with Gasteiger partial charge in [-0.2, -0.15) is 5.10 Å². The van der Waals surface area contributed by atoms with Gasteiger partial charge in [0.15, 0.2) is 0 Å². The zero-order valence-corrected chi connectivity index (χ0v) is 8.19. The summed E-state index contributed by atoms with van der Waals surface area (Å²) in [5.74, 6) is 0.958. The largest absolute Gasteiger partial charge is 0.250 e. The standard InChI is InChI=1S/C10H17N3/c1-2-9-3-5-10(6-4-9)13-8-11-7-12-13/h7-10H,2-6H2,1H3/t9-,10+. The van der Waals surface area contributed by atoms with E-state index in [0.717, 1.165) is 5.92 Å². The van der Waals surface area contributed by atoms with Gasteiger partial charge in [0.1, 0.15) is 12.7 Å². The summed E-state index contributed by atoms with van der Waals surface area (Å²) in [5.41, 5.74) is 0. The third-order valence-electron chi connectivity index (χ3n) is 3.20. The first-order chi connectivity index (χ1) is 6.40.